The van der Waals surface area contributed by atoms with Crippen molar-refractivity contribution >= 4 is 11.8 Å². The third-order valence-corrected chi connectivity index (χ3v) is 4.87. The number of hydrogen-bond acceptors (Lipinski definition) is 3. The Morgan fingerprint density at radius 3 is 2.68 bits per heavy atom. The van der Waals surface area contributed by atoms with Gasteiger partial charge in [0.1, 0.15) is 5.75 Å². The molecular weight excluding hydrogens is 256 g/mol. The summed E-state index contributed by atoms with van der Waals surface area (Å²) in [5.74, 6) is 1.76. The summed E-state index contributed by atoms with van der Waals surface area (Å²) in [5, 5.41) is 10.7. The van der Waals surface area contributed by atoms with E-state index in [-0.39, 0.29) is 5.25 Å². The van der Waals surface area contributed by atoms with Crippen molar-refractivity contribution in [2.45, 2.75) is 17.1 Å². The molecule has 0 radical (unpaired) electrons. The molecule has 1 aliphatic rings. The summed E-state index contributed by atoms with van der Waals surface area (Å²) < 4.78 is 5.24. The maximum atomic E-state index is 10.6. The van der Waals surface area contributed by atoms with Crippen molar-refractivity contribution in [3.63, 3.8) is 0 Å². The molecule has 1 aliphatic heterocycles. The first-order valence-electron chi connectivity index (χ1n) is 6.31. The number of rotatable bonds is 2. The third-order valence-electron chi connectivity index (χ3n) is 3.50. The first-order valence-corrected chi connectivity index (χ1v) is 7.36. The lowest BCUT2D eigenvalue weighted by molar-refractivity contribution is 0.172. The van der Waals surface area contributed by atoms with Gasteiger partial charge in [0.2, 0.25) is 0 Å². The molecule has 0 unspecified atom stereocenters. The van der Waals surface area contributed by atoms with Gasteiger partial charge in [0.15, 0.2) is 0 Å². The zero-order valence-corrected chi connectivity index (χ0v) is 11.6. The Morgan fingerprint density at radius 1 is 1.16 bits per heavy atom. The van der Waals surface area contributed by atoms with Gasteiger partial charge in [0.25, 0.3) is 0 Å². The van der Waals surface area contributed by atoms with Crippen LogP contribution in [0.2, 0.25) is 0 Å². The molecule has 0 aromatic heterocycles. The van der Waals surface area contributed by atoms with Crippen LogP contribution in [-0.4, -0.2) is 12.2 Å². The van der Waals surface area contributed by atoms with Crippen LogP contribution < -0.4 is 4.74 Å². The highest BCUT2D eigenvalue weighted by atomic mass is 32.2. The van der Waals surface area contributed by atoms with E-state index in [0.717, 1.165) is 17.1 Å². The van der Waals surface area contributed by atoms with Gasteiger partial charge in [-0.2, -0.15) is 0 Å². The minimum atomic E-state index is -0.456. The van der Waals surface area contributed by atoms with Crippen molar-refractivity contribution in [3.05, 3.63) is 65.2 Å². The van der Waals surface area contributed by atoms with Gasteiger partial charge >= 0.3 is 0 Å². The lowest BCUT2D eigenvalue weighted by Gasteiger charge is -2.30. The maximum absolute atomic E-state index is 10.6. The van der Waals surface area contributed by atoms with Crippen molar-refractivity contribution in [2.24, 2.45) is 0 Å². The summed E-state index contributed by atoms with van der Waals surface area (Å²) >= 11 is 1.78. The number of aliphatic hydroxyl groups excluding tert-OH is 1. The zero-order chi connectivity index (χ0) is 13.2. The summed E-state index contributed by atoms with van der Waals surface area (Å²) in [5.41, 5.74) is 3.37. The van der Waals surface area contributed by atoms with Crippen LogP contribution in [0.15, 0.2) is 48.5 Å². The quantitative estimate of drug-likeness (QED) is 0.903. The van der Waals surface area contributed by atoms with E-state index < -0.39 is 6.10 Å². The highest BCUT2D eigenvalue weighted by molar-refractivity contribution is 7.98. The van der Waals surface area contributed by atoms with Crippen LogP contribution in [-0.2, 0) is 5.75 Å². The fourth-order valence-corrected chi connectivity index (χ4v) is 3.77. The average Bonchev–Trinajstić information content (AvgIpc) is 2.48. The summed E-state index contributed by atoms with van der Waals surface area (Å²) in [6.07, 6.45) is -0.456. The van der Waals surface area contributed by atoms with Gasteiger partial charge in [0, 0.05) is 5.75 Å². The second-order valence-electron chi connectivity index (χ2n) is 4.65. The number of hydrogen-bond donors (Lipinski definition) is 1. The largest absolute Gasteiger partial charge is 0.497 e. The number of ether oxygens (including phenoxy) is 1. The molecule has 0 spiro atoms. The van der Waals surface area contributed by atoms with E-state index in [1.165, 1.54) is 11.1 Å². The molecule has 19 heavy (non-hydrogen) atoms. The minimum Gasteiger partial charge on any atom is -0.497 e. The van der Waals surface area contributed by atoms with Gasteiger partial charge in [-0.1, -0.05) is 36.4 Å². The van der Waals surface area contributed by atoms with E-state index in [0.29, 0.717) is 0 Å². The molecule has 1 heterocycles. The number of methoxy groups -OCH3 is 1. The molecule has 2 aromatic rings. The van der Waals surface area contributed by atoms with E-state index in [4.69, 9.17) is 4.74 Å². The molecule has 0 saturated carbocycles. The van der Waals surface area contributed by atoms with Gasteiger partial charge in [-0.3, -0.25) is 0 Å². The second-order valence-corrected chi connectivity index (χ2v) is 5.78. The van der Waals surface area contributed by atoms with E-state index in [1.807, 2.05) is 36.4 Å². The van der Waals surface area contributed by atoms with Crippen molar-refractivity contribution in [1.29, 1.82) is 0 Å². The first kappa shape index (κ1) is 12.6. The Kier molecular flexibility index (Phi) is 3.49. The fourth-order valence-electron chi connectivity index (χ4n) is 2.48. The Hall–Kier alpha value is -1.45. The average molecular weight is 272 g/mol. The molecule has 0 fully saturated rings. The monoisotopic (exact) mass is 272 g/mol. The van der Waals surface area contributed by atoms with E-state index in [2.05, 4.69) is 12.1 Å². The molecule has 2 atom stereocenters. The van der Waals surface area contributed by atoms with Crippen LogP contribution in [0.5, 0.6) is 5.75 Å². The molecule has 0 aliphatic carbocycles. The van der Waals surface area contributed by atoms with Gasteiger partial charge in [-0.05, 0) is 28.8 Å². The van der Waals surface area contributed by atoms with E-state index in [9.17, 15) is 5.11 Å². The molecule has 98 valence electrons. The normalized spacial score (nSPS) is 21.8. The Balaban J connectivity index is 1.94. The predicted octanol–water partition coefficient (Wildman–Crippen LogP) is 3.72. The topological polar surface area (TPSA) is 29.5 Å². The lowest BCUT2D eigenvalue weighted by Crippen LogP contribution is -2.15. The van der Waals surface area contributed by atoms with Gasteiger partial charge < -0.3 is 9.84 Å². The van der Waals surface area contributed by atoms with Crippen molar-refractivity contribution < 1.29 is 9.84 Å². The molecular formula is C16H16O2S. The summed E-state index contributed by atoms with van der Waals surface area (Å²) in [7, 11) is 1.67. The fraction of sp³-hybridized carbons (Fsp3) is 0.250. The number of aliphatic hydroxyl groups is 1. The van der Waals surface area contributed by atoms with Crippen LogP contribution in [0.4, 0.5) is 0 Å². The van der Waals surface area contributed by atoms with E-state index in [1.54, 1.807) is 18.9 Å². The van der Waals surface area contributed by atoms with Gasteiger partial charge in [0.05, 0.1) is 18.5 Å². The van der Waals surface area contributed by atoms with Crippen LogP contribution in [0.1, 0.15) is 28.0 Å². The Labute approximate surface area is 117 Å². The van der Waals surface area contributed by atoms with Crippen molar-refractivity contribution in [3.8, 4) is 5.75 Å². The number of benzene rings is 2. The highest BCUT2D eigenvalue weighted by Gasteiger charge is 2.29. The third kappa shape index (κ3) is 2.36. The molecule has 2 aromatic carbocycles. The summed E-state index contributed by atoms with van der Waals surface area (Å²) in [6.45, 7) is 0. The molecule has 1 N–H and O–H groups in total. The summed E-state index contributed by atoms with van der Waals surface area (Å²) in [6, 6.07) is 16.1. The van der Waals surface area contributed by atoms with Crippen molar-refractivity contribution in [1.82, 2.24) is 0 Å². The van der Waals surface area contributed by atoms with Gasteiger partial charge in [-0.25, -0.2) is 0 Å². The first-order chi connectivity index (χ1) is 9.29. The number of fused-ring (bicyclic) bond motifs is 1. The standard InChI is InChI=1S/C16H16O2S/c1-18-13-7-8-14-12(9-13)10-19-16(15(14)17)11-5-3-2-4-6-11/h2-9,15-17H,10H2,1H3/t15-,16-/m0/s1. The zero-order valence-electron chi connectivity index (χ0n) is 10.7. The Morgan fingerprint density at radius 2 is 1.95 bits per heavy atom. The predicted molar refractivity (Wildman–Crippen MR) is 78.4 cm³/mol. The van der Waals surface area contributed by atoms with Crippen LogP contribution >= 0.6 is 11.8 Å². The summed E-state index contributed by atoms with van der Waals surface area (Å²) in [4.78, 5) is 0. The van der Waals surface area contributed by atoms with Crippen LogP contribution in [0.25, 0.3) is 0 Å². The Bertz CT molecular complexity index is 568. The SMILES string of the molecule is COc1ccc2c(c1)CS[C@@H](c1ccccc1)[C@H]2O. The molecule has 0 bridgehead atoms. The molecule has 3 rings (SSSR count). The highest BCUT2D eigenvalue weighted by Crippen LogP contribution is 2.47. The molecule has 3 heteroatoms. The molecule has 2 nitrogen and oxygen atoms in total. The van der Waals surface area contributed by atoms with E-state index >= 15 is 0 Å². The lowest BCUT2D eigenvalue weighted by atomic mass is 9.96. The van der Waals surface area contributed by atoms with Crippen LogP contribution in [0.3, 0.4) is 0 Å². The molecule has 0 amide bonds. The van der Waals surface area contributed by atoms with Crippen molar-refractivity contribution in [2.75, 3.05) is 7.11 Å². The van der Waals surface area contributed by atoms with Crippen LogP contribution in [0, 0.1) is 0 Å². The maximum Gasteiger partial charge on any atom is 0.119 e. The molecule has 0 saturated heterocycles. The minimum absolute atomic E-state index is 0.113. The number of thioether (sulfide) groups is 1. The second kappa shape index (κ2) is 5.27. The van der Waals surface area contributed by atoms with Gasteiger partial charge in [-0.15, -0.1) is 11.8 Å². The smallest absolute Gasteiger partial charge is 0.119 e.